The molecule has 1 aromatic heterocycles. The number of nitrogens with zero attached hydrogens (tertiary/aromatic N) is 2. The van der Waals surface area contributed by atoms with Crippen molar-refractivity contribution in [2.45, 2.75) is 0 Å². The first-order chi connectivity index (χ1) is 9.66. The van der Waals surface area contributed by atoms with Crippen molar-refractivity contribution in [3.05, 3.63) is 30.0 Å². The molecule has 0 aliphatic carbocycles. The van der Waals surface area contributed by atoms with E-state index in [1.807, 2.05) is 18.2 Å². The molecule has 0 atom stereocenters. The molecule has 104 valence electrons. The highest BCUT2D eigenvalue weighted by Crippen LogP contribution is 2.34. The Kier molecular flexibility index (Phi) is 3.06. The lowest BCUT2D eigenvalue weighted by molar-refractivity contribution is 0.0828. The summed E-state index contributed by atoms with van der Waals surface area (Å²) in [5.41, 5.74) is 2.06. The Bertz CT molecular complexity index is 649. The number of amides is 1. The third-order valence-corrected chi connectivity index (χ3v) is 3.11. The van der Waals surface area contributed by atoms with E-state index in [2.05, 4.69) is 10.2 Å². The van der Waals surface area contributed by atoms with E-state index >= 15 is 0 Å². The molecule has 1 amide bonds. The number of rotatable bonds is 2. The normalized spacial score (nSPS) is 13.1. The SMILES string of the molecule is CN(C)C(=O)c1cn[nH]c1-c1ccc2c(c1)OCCO2. The van der Waals surface area contributed by atoms with E-state index < -0.39 is 0 Å². The van der Waals surface area contributed by atoms with Gasteiger partial charge in [0.05, 0.1) is 17.5 Å². The van der Waals surface area contributed by atoms with Crippen LogP contribution in [0.25, 0.3) is 11.3 Å². The molecule has 0 unspecified atom stereocenters. The maximum absolute atomic E-state index is 12.1. The van der Waals surface area contributed by atoms with Crippen LogP contribution in [0.1, 0.15) is 10.4 Å². The van der Waals surface area contributed by atoms with Crippen molar-refractivity contribution in [2.75, 3.05) is 27.3 Å². The van der Waals surface area contributed by atoms with Crippen molar-refractivity contribution in [2.24, 2.45) is 0 Å². The number of hydrogen-bond acceptors (Lipinski definition) is 4. The first-order valence-corrected chi connectivity index (χ1v) is 6.32. The van der Waals surface area contributed by atoms with Gasteiger partial charge in [-0.2, -0.15) is 5.10 Å². The largest absolute Gasteiger partial charge is 0.486 e. The Morgan fingerprint density at radius 3 is 2.75 bits per heavy atom. The van der Waals surface area contributed by atoms with Gasteiger partial charge in [0.15, 0.2) is 11.5 Å². The van der Waals surface area contributed by atoms with Gasteiger partial charge in [0.2, 0.25) is 0 Å². The van der Waals surface area contributed by atoms with Crippen molar-refractivity contribution in [3.63, 3.8) is 0 Å². The second kappa shape index (κ2) is 4.88. The van der Waals surface area contributed by atoms with Crippen LogP contribution in [-0.4, -0.2) is 48.3 Å². The molecule has 2 heterocycles. The number of ether oxygens (including phenoxy) is 2. The van der Waals surface area contributed by atoms with Crippen LogP contribution in [0.2, 0.25) is 0 Å². The van der Waals surface area contributed by atoms with Gasteiger partial charge in [-0.25, -0.2) is 0 Å². The molecule has 0 saturated carbocycles. The number of carbonyl (C=O) groups is 1. The van der Waals surface area contributed by atoms with Crippen molar-refractivity contribution in [1.82, 2.24) is 15.1 Å². The molecule has 1 aromatic carbocycles. The topological polar surface area (TPSA) is 67.5 Å². The summed E-state index contributed by atoms with van der Waals surface area (Å²) < 4.78 is 11.0. The van der Waals surface area contributed by atoms with Crippen molar-refractivity contribution in [3.8, 4) is 22.8 Å². The predicted molar refractivity (Wildman–Crippen MR) is 73.0 cm³/mol. The van der Waals surface area contributed by atoms with Gasteiger partial charge >= 0.3 is 0 Å². The zero-order chi connectivity index (χ0) is 14.1. The molecule has 6 nitrogen and oxygen atoms in total. The lowest BCUT2D eigenvalue weighted by Crippen LogP contribution is -2.21. The van der Waals surface area contributed by atoms with Gasteiger partial charge in [0.1, 0.15) is 13.2 Å². The molecule has 3 rings (SSSR count). The predicted octanol–water partition coefficient (Wildman–Crippen LogP) is 1.55. The molecular formula is C14H15N3O3. The Labute approximate surface area is 116 Å². The molecular weight excluding hydrogens is 258 g/mol. The van der Waals surface area contributed by atoms with E-state index in [9.17, 15) is 4.79 Å². The lowest BCUT2D eigenvalue weighted by atomic mass is 10.1. The quantitative estimate of drug-likeness (QED) is 0.901. The third-order valence-electron chi connectivity index (χ3n) is 3.11. The van der Waals surface area contributed by atoms with Gasteiger partial charge in [0.25, 0.3) is 5.91 Å². The maximum Gasteiger partial charge on any atom is 0.257 e. The molecule has 6 heteroatoms. The number of hydrogen-bond donors (Lipinski definition) is 1. The van der Waals surface area contributed by atoms with Crippen LogP contribution in [0.3, 0.4) is 0 Å². The summed E-state index contributed by atoms with van der Waals surface area (Å²) in [4.78, 5) is 13.6. The Morgan fingerprint density at radius 2 is 2.00 bits per heavy atom. The van der Waals surface area contributed by atoms with E-state index in [4.69, 9.17) is 9.47 Å². The Hall–Kier alpha value is -2.50. The van der Waals surface area contributed by atoms with E-state index in [1.54, 1.807) is 14.1 Å². The summed E-state index contributed by atoms with van der Waals surface area (Å²) in [5, 5.41) is 6.84. The average molecular weight is 273 g/mol. The fourth-order valence-electron chi connectivity index (χ4n) is 2.11. The van der Waals surface area contributed by atoms with E-state index in [0.29, 0.717) is 30.2 Å². The molecule has 1 aliphatic rings. The summed E-state index contributed by atoms with van der Waals surface area (Å²) in [7, 11) is 3.42. The van der Waals surface area contributed by atoms with Crippen LogP contribution in [0.4, 0.5) is 0 Å². The van der Waals surface area contributed by atoms with Gasteiger partial charge in [-0.3, -0.25) is 9.89 Å². The van der Waals surface area contributed by atoms with Crippen LogP contribution in [0.15, 0.2) is 24.4 Å². The van der Waals surface area contributed by atoms with Crippen LogP contribution in [0.5, 0.6) is 11.5 Å². The third kappa shape index (κ3) is 2.09. The maximum atomic E-state index is 12.1. The summed E-state index contributed by atoms with van der Waals surface area (Å²) in [5.74, 6) is 1.32. The summed E-state index contributed by atoms with van der Waals surface area (Å²) in [6.07, 6.45) is 1.54. The van der Waals surface area contributed by atoms with Gasteiger partial charge in [-0.15, -0.1) is 0 Å². The highest BCUT2D eigenvalue weighted by molar-refractivity contribution is 5.99. The van der Waals surface area contributed by atoms with E-state index in [1.165, 1.54) is 11.1 Å². The number of aromatic amines is 1. The summed E-state index contributed by atoms with van der Waals surface area (Å²) in [6, 6.07) is 5.58. The molecule has 20 heavy (non-hydrogen) atoms. The lowest BCUT2D eigenvalue weighted by Gasteiger charge is -2.19. The first-order valence-electron chi connectivity index (χ1n) is 6.32. The molecule has 0 saturated heterocycles. The number of aromatic nitrogens is 2. The van der Waals surface area contributed by atoms with Crippen molar-refractivity contribution >= 4 is 5.91 Å². The van der Waals surface area contributed by atoms with Gasteiger partial charge in [0, 0.05) is 19.7 Å². The number of H-pyrrole nitrogens is 1. The smallest absolute Gasteiger partial charge is 0.257 e. The van der Waals surface area contributed by atoms with E-state index in [0.717, 1.165) is 11.3 Å². The van der Waals surface area contributed by atoms with E-state index in [-0.39, 0.29) is 5.91 Å². The number of fused-ring (bicyclic) bond motifs is 1. The van der Waals surface area contributed by atoms with Crippen LogP contribution < -0.4 is 9.47 Å². The first kappa shape index (κ1) is 12.5. The Balaban J connectivity index is 2.02. The van der Waals surface area contributed by atoms with Crippen molar-refractivity contribution < 1.29 is 14.3 Å². The number of nitrogens with one attached hydrogen (secondary N) is 1. The minimum absolute atomic E-state index is 0.0939. The van der Waals surface area contributed by atoms with Crippen LogP contribution >= 0.6 is 0 Å². The molecule has 2 aromatic rings. The van der Waals surface area contributed by atoms with Gasteiger partial charge < -0.3 is 14.4 Å². The average Bonchev–Trinajstić information content (AvgIpc) is 2.95. The second-order valence-electron chi connectivity index (χ2n) is 4.72. The van der Waals surface area contributed by atoms with Crippen LogP contribution in [0, 0.1) is 0 Å². The monoisotopic (exact) mass is 273 g/mol. The molecule has 1 aliphatic heterocycles. The molecule has 0 spiro atoms. The zero-order valence-corrected chi connectivity index (χ0v) is 11.3. The summed E-state index contributed by atoms with van der Waals surface area (Å²) >= 11 is 0. The minimum atomic E-state index is -0.0939. The molecule has 0 bridgehead atoms. The number of carbonyl (C=O) groups excluding carboxylic acids is 1. The second-order valence-corrected chi connectivity index (χ2v) is 4.72. The van der Waals surface area contributed by atoms with Gasteiger partial charge in [-0.1, -0.05) is 0 Å². The van der Waals surface area contributed by atoms with Gasteiger partial charge in [-0.05, 0) is 18.2 Å². The Morgan fingerprint density at radius 1 is 1.25 bits per heavy atom. The summed E-state index contributed by atoms with van der Waals surface area (Å²) in [6.45, 7) is 1.09. The van der Waals surface area contributed by atoms with Crippen LogP contribution in [-0.2, 0) is 0 Å². The number of benzene rings is 1. The zero-order valence-electron chi connectivity index (χ0n) is 11.3. The fraction of sp³-hybridized carbons (Fsp3) is 0.286. The fourth-order valence-corrected chi connectivity index (χ4v) is 2.11. The molecule has 0 radical (unpaired) electrons. The highest BCUT2D eigenvalue weighted by atomic mass is 16.6. The molecule has 1 N–H and O–H groups in total. The highest BCUT2D eigenvalue weighted by Gasteiger charge is 2.19. The minimum Gasteiger partial charge on any atom is -0.486 e. The standard InChI is InChI=1S/C14H15N3O3/c1-17(2)14(18)10-8-15-16-13(10)9-3-4-11-12(7-9)20-6-5-19-11/h3-4,7-8H,5-6H2,1-2H3,(H,15,16). The molecule has 0 fully saturated rings. The van der Waals surface area contributed by atoms with Crippen molar-refractivity contribution in [1.29, 1.82) is 0 Å².